The molecule has 1 heterocycles. The summed E-state index contributed by atoms with van der Waals surface area (Å²) in [4.78, 5) is 0. The van der Waals surface area contributed by atoms with Crippen LogP contribution >= 0.6 is 0 Å². The first-order chi connectivity index (χ1) is 5.65. The maximum atomic E-state index is 11.9. The summed E-state index contributed by atoms with van der Waals surface area (Å²) in [5.74, 6) is 0. The first-order valence-electron chi connectivity index (χ1n) is 2.96. The fourth-order valence-corrected chi connectivity index (χ4v) is 0.616. The van der Waals surface area contributed by atoms with Gasteiger partial charge < -0.3 is 5.73 Å². The van der Waals surface area contributed by atoms with Crippen LogP contribution < -0.4 is 5.73 Å². The maximum Gasteiger partial charge on any atom is 0.282 e. The number of hydrogen-bond donors (Lipinski definition) is 1. The summed E-state index contributed by atoms with van der Waals surface area (Å²) in [6.45, 7) is 0. The van der Waals surface area contributed by atoms with E-state index in [-0.39, 0.29) is 11.4 Å². The number of anilines is 1. The van der Waals surface area contributed by atoms with Crippen molar-refractivity contribution >= 4 is 5.69 Å². The molecular weight excluding hydrogens is 166 g/mol. The van der Waals surface area contributed by atoms with Crippen molar-refractivity contribution in [1.29, 1.82) is 5.26 Å². The van der Waals surface area contributed by atoms with Gasteiger partial charge in [0.05, 0.1) is 5.69 Å². The lowest BCUT2D eigenvalue weighted by molar-refractivity contribution is 0.145. The fraction of sp³-hybridized carbons (Fsp3) is 0.167. The molecule has 0 aliphatic carbocycles. The topological polar surface area (TPSA) is 75.6 Å². The summed E-state index contributed by atoms with van der Waals surface area (Å²) >= 11 is 0. The van der Waals surface area contributed by atoms with Gasteiger partial charge in [0.15, 0.2) is 5.69 Å². The van der Waals surface area contributed by atoms with E-state index < -0.39 is 12.1 Å². The van der Waals surface area contributed by atoms with Crippen LogP contribution in [0.4, 0.5) is 14.5 Å². The van der Waals surface area contributed by atoms with Gasteiger partial charge in [0.25, 0.3) is 6.43 Å². The molecule has 0 saturated heterocycles. The van der Waals surface area contributed by atoms with Crippen molar-refractivity contribution in [2.24, 2.45) is 0 Å². The maximum absolute atomic E-state index is 11.9. The first kappa shape index (κ1) is 8.33. The Morgan fingerprint density at radius 3 is 2.58 bits per heavy atom. The standard InChI is InChI=1S/C6H4F2N4/c7-6(8)4-1-3(10)5(2-9)12-11-4/h1,6H,(H2,10,11). The molecule has 4 nitrogen and oxygen atoms in total. The van der Waals surface area contributed by atoms with Crippen LogP contribution in [0.15, 0.2) is 6.07 Å². The molecule has 1 aromatic heterocycles. The second-order valence-electron chi connectivity index (χ2n) is 1.99. The molecule has 2 N–H and O–H groups in total. The Morgan fingerprint density at radius 2 is 2.17 bits per heavy atom. The predicted molar refractivity (Wildman–Crippen MR) is 36.1 cm³/mol. The SMILES string of the molecule is N#Cc1nnc(C(F)F)cc1N. The lowest BCUT2D eigenvalue weighted by Crippen LogP contribution is -2.00. The number of alkyl halides is 2. The number of nitriles is 1. The minimum Gasteiger partial charge on any atom is -0.396 e. The molecule has 12 heavy (non-hydrogen) atoms. The Morgan fingerprint density at radius 1 is 1.50 bits per heavy atom. The summed E-state index contributed by atoms with van der Waals surface area (Å²) in [5.41, 5.74) is 4.47. The third-order valence-corrected chi connectivity index (χ3v) is 1.17. The van der Waals surface area contributed by atoms with Gasteiger partial charge in [-0.1, -0.05) is 0 Å². The number of nitrogens with zero attached hydrogens (tertiary/aromatic N) is 3. The Kier molecular flexibility index (Phi) is 2.14. The van der Waals surface area contributed by atoms with Gasteiger partial charge in [0, 0.05) is 0 Å². The normalized spacial score (nSPS) is 9.83. The van der Waals surface area contributed by atoms with Crippen LogP contribution in [0, 0.1) is 11.3 Å². The van der Waals surface area contributed by atoms with Gasteiger partial charge in [-0.2, -0.15) is 5.26 Å². The van der Waals surface area contributed by atoms with Crippen molar-refractivity contribution in [1.82, 2.24) is 10.2 Å². The van der Waals surface area contributed by atoms with E-state index in [4.69, 9.17) is 11.0 Å². The van der Waals surface area contributed by atoms with E-state index in [1.54, 1.807) is 6.07 Å². The number of nitrogens with two attached hydrogens (primary N) is 1. The lowest BCUT2D eigenvalue weighted by Gasteiger charge is -1.98. The third kappa shape index (κ3) is 1.45. The smallest absolute Gasteiger partial charge is 0.282 e. The highest BCUT2D eigenvalue weighted by Crippen LogP contribution is 2.18. The van der Waals surface area contributed by atoms with Gasteiger partial charge in [-0.15, -0.1) is 10.2 Å². The Bertz CT molecular complexity index is 331. The Balaban J connectivity index is 3.12. The molecule has 0 amide bonds. The van der Waals surface area contributed by atoms with E-state index in [0.717, 1.165) is 6.07 Å². The molecule has 0 saturated carbocycles. The third-order valence-electron chi connectivity index (χ3n) is 1.17. The predicted octanol–water partition coefficient (Wildman–Crippen LogP) is 0.868. The molecule has 1 aromatic rings. The molecular formula is C6H4F2N4. The van der Waals surface area contributed by atoms with Crippen LogP contribution in [0.3, 0.4) is 0 Å². The number of halogens is 2. The van der Waals surface area contributed by atoms with Gasteiger partial charge in [0.1, 0.15) is 11.8 Å². The molecule has 0 unspecified atom stereocenters. The molecule has 0 radical (unpaired) electrons. The van der Waals surface area contributed by atoms with Crippen LogP contribution in [-0.4, -0.2) is 10.2 Å². The van der Waals surface area contributed by atoms with Crippen molar-refractivity contribution < 1.29 is 8.78 Å². The van der Waals surface area contributed by atoms with Crippen molar-refractivity contribution in [2.45, 2.75) is 6.43 Å². The summed E-state index contributed by atoms with van der Waals surface area (Å²) in [7, 11) is 0. The van der Waals surface area contributed by atoms with E-state index in [9.17, 15) is 8.78 Å². The van der Waals surface area contributed by atoms with E-state index in [2.05, 4.69) is 10.2 Å². The summed E-state index contributed by atoms with van der Waals surface area (Å²) in [6.07, 6.45) is -2.72. The highest BCUT2D eigenvalue weighted by molar-refractivity contribution is 5.49. The number of rotatable bonds is 1. The zero-order valence-corrected chi connectivity index (χ0v) is 5.83. The summed E-state index contributed by atoms with van der Waals surface area (Å²) in [5, 5.41) is 14.6. The van der Waals surface area contributed by atoms with E-state index in [1.807, 2.05) is 0 Å². The quantitative estimate of drug-likeness (QED) is 0.678. The van der Waals surface area contributed by atoms with E-state index >= 15 is 0 Å². The van der Waals surface area contributed by atoms with Gasteiger partial charge >= 0.3 is 0 Å². The molecule has 0 bridgehead atoms. The van der Waals surface area contributed by atoms with Crippen LogP contribution in [0.5, 0.6) is 0 Å². The molecule has 0 atom stereocenters. The average Bonchev–Trinajstić information content (AvgIpc) is 2.04. The van der Waals surface area contributed by atoms with Crippen molar-refractivity contribution in [3.63, 3.8) is 0 Å². The molecule has 6 heteroatoms. The molecule has 0 aliphatic heterocycles. The largest absolute Gasteiger partial charge is 0.396 e. The van der Waals surface area contributed by atoms with Crippen LogP contribution in [0.2, 0.25) is 0 Å². The van der Waals surface area contributed by atoms with Crippen LogP contribution in [0.25, 0.3) is 0 Å². The van der Waals surface area contributed by atoms with Crippen molar-refractivity contribution in [2.75, 3.05) is 5.73 Å². The highest BCUT2D eigenvalue weighted by Gasteiger charge is 2.11. The van der Waals surface area contributed by atoms with Gasteiger partial charge in [-0.3, -0.25) is 0 Å². The second kappa shape index (κ2) is 3.09. The summed E-state index contributed by atoms with van der Waals surface area (Å²) < 4.78 is 23.9. The monoisotopic (exact) mass is 170 g/mol. The number of aromatic nitrogens is 2. The average molecular weight is 170 g/mol. The van der Waals surface area contributed by atoms with Gasteiger partial charge in [-0.25, -0.2) is 8.78 Å². The number of nitrogen functional groups attached to an aromatic ring is 1. The minimum atomic E-state index is -2.72. The van der Waals surface area contributed by atoms with E-state index in [1.165, 1.54) is 0 Å². The molecule has 0 aliphatic rings. The number of hydrogen-bond acceptors (Lipinski definition) is 4. The minimum absolute atomic E-state index is 0.0807. The Hall–Kier alpha value is -1.77. The van der Waals surface area contributed by atoms with Crippen molar-refractivity contribution in [3.8, 4) is 6.07 Å². The van der Waals surface area contributed by atoms with E-state index in [0.29, 0.717) is 0 Å². The molecule has 1 rings (SSSR count). The molecule has 0 aromatic carbocycles. The van der Waals surface area contributed by atoms with Crippen LogP contribution in [0.1, 0.15) is 17.8 Å². The molecule has 62 valence electrons. The second-order valence-corrected chi connectivity index (χ2v) is 1.99. The highest BCUT2D eigenvalue weighted by atomic mass is 19.3. The zero-order chi connectivity index (χ0) is 9.14. The fourth-order valence-electron chi connectivity index (χ4n) is 0.616. The first-order valence-corrected chi connectivity index (χ1v) is 2.96. The lowest BCUT2D eigenvalue weighted by atomic mass is 10.3. The van der Waals surface area contributed by atoms with Gasteiger partial charge in [0.2, 0.25) is 0 Å². The Labute approximate surface area is 66.6 Å². The summed E-state index contributed by atoms with van der Waals surface area (Å²) in [6, 6.07) is 2.56. The van der Waals surface area contributed by atoms with Crippen LogP contribution in [-0.2, 0) is 0 Å². The molecule has 0 spiro atoms. The van der Waals surface area contributed by atoms with Gasteiger partial charge in [-0.05, 0) is 6.07 Å². The van der Waals surface area contributed by atoms with Crippen molar-refractivity contribution in [3.05, 3.63) is 17.5 Å². The molecule has 0 fully saturated rings. The zero-order valence-electron chi connectivity index (χ0n) is 5.83.